The highest BCUT2D eigenvalue weighted by Gasteiger charge is 2.28. The molecular weight excluding hydrogens is 350 g/mol. The highest BCUT2D eigenvalue weighted by molar-refractivity contribution is 5.78. The van der Waals surface area contributed by atoms with Crippen LogP contribution in [0.3, 0.4) is 0 Å². The van der Waals surface area contributed by atoms with Gasteiger partial charge in [-0.1, -0.05) is 69.3 Å². The number of aliphatic hydroxyl groups is 1. The monoisotopic (exact) mass is 381 g/mol. The molecule has 0 radical (unpaired) electrons. The van der Waals surface area contributed by atoms with E-state index >= 15 is 0 Å². The van der Waals surface area contributed by atoms with Crippen LogP contribution in [0, 0.1) is 5.92 Å². The van der Waals surface area contributed by atoms with Crippen molar-refractivity contribution in [1.29, 1.82) is 0 Å². The van der Waals surface area contributed by atoms with Crippen molar-refractivity contribution in [2.45, 2.75) is 45.1 Å². The van der Waals surface area contributed by atoms with E-state index in [9.17, 15) is 9.90 Å². The number of benzene rings is 2. The minimum absolute atomic E-state index is 0.0105. The SMILES string of the molecule is CC(C)(C)c1ccccc1OCC(=O)N1CCC([C@H](O)c2ccccc2)CC1. The van der Waals surface area contributed by atoms with E-state index in [4.69, 9.17) is 4.74 Å². The third-order valence-corrected chi connectivity index (χ3v) is 5.53. The van der Waals surface area contributed by atoms with Crippen molar-refractivity contribution in [1.82, 2.24) is 4.90 Å². The Balaban J connectivity index is 1.52. The number of carbonyl (C=O) groups excluding carboxylic acids is 1. The van der Waals surface area contributed by atoms with Gasteiger partial charge in [0.15, 0.2) is 6.61 Å². The molecule has 1 saturated heterocycles. The number of para-hydroxylation sites is 1. The Morgan fingerprint density at radius 3 is 2.32 bits per heavy atom. The molecule has 1 heterocycles. The largest absolute Gasteiger partial charge is 0.483 e. The van der Waals surface area contributed by atoms with Crippen molar-refractivity contribution in [3.8, 4) is 5.75 Å². The molecule has 3 rings (SSSR count). The summed E-state index contributed by atoms with van der Waals surface area (Å²) in [5, 5.41) is 10.6. The maximum Gasteiger partial charge on any atom is 0.260 e. The van der Waals surface area contributed by atoms with Gasteiger partial charge >= 0.3 is 0 Å². The summed E-state index contributed by atoms with van der Waals surface area (Å²) in [5.74, 6) is 0.975. The van der Waals surface area contributed by atoms with Crippen LogP contribution in [-0.2, 0) is 10.2 Å². The summed E-state index contributed by atoms with van der Waals surface area (Å²) in [4.78, 5) is 14.5. The van der Waals surface area contributed by atoms with E-state index in [0.717, 1.165) is 29.7 Å². The van der Waals surface area contributed by atoms with Crippen molar-refractivity contribution in [3.63, 3.8) is 0 Å². The summed E-state index contributed by atoms with van der Waals surface area (Å²) in [5.41, 5.74) is 2.02. The van der Waals surface area contributed by atoms with Gasteiger partial charge in [0.2, 0.25) is 0 Å². The summed E-state index contributed by atoms with van der Waals surface area (Å²) in [7, 11) is 0. The average Bonchev–Trinajstić information content (AvgIpc) is 2.72. The van der Waals surface area contributed by atoms with Crippen molar-refractivity contribution in [3.05, 3.63) is 65.7 Å². The lowest BCUT2D eigenvalue weighted by atomic mass is 9.86. The standard InChI is InChI=1S/C24H31NO3/c1-24(2,3)20-11-7-8-12-21(20)28-17-22(26)25-15-13-19(14-16-25)23(27)18-9-5-4-6-10-18/h4-12,19,23,27H,13-17H2,1-3H3/t23-/m1/s1. The normalized spacial score (nSPS) is 16.6. The summed E-state index contributed by atoms with van der Waals surface area (Å²) < 4.78 is 5.88. The van der Waals surface area contributed by atoms with E-state index in [0.29, 0.717) is 13.1 Å². The van der Waals surface area contributed by atoms with Crippen LogP contribution in [0.1, 0.15) is 50.8 Å². The highest BCUT2D eigenvalue weighted by Crippen LogP contribution is 2.32. The minimum atomic E-state index is -0.464. The number of amides is 1. The number of ether oxygens (including phenoxy) is 1. The second kappa shape index (κ2) is 8.78. The van der Waals surface area contributed by atoms with Gasteiger partial charge in [0.1, 0.15) is 5.75 Å². The molecule has 0 unspecified atom stereocenters. The van der Waals surface area contributed by atoms with Gasteiger partial charge in [0.05, 0.1) is 6.10 Å². The third-order valence-electron chi connectivity index (χ3n) is 5.53. The maximum absolute atomic E-state index is 12.6. The van der Waals surface area contributed by atoms with E-state index in [-0.39, 0.29) is 23.8 Å². The van der Waals surface area contributed by atoms with Crippen LogP contribution in [0.15, 0.2) is 54.6 Å². The molecule has 1 aliphatic rings. The quantitative estimate of drug-likeness (QED) is 0.838. The van der Waals surface area contributed by atoms with Crippen LogP contribution in [0.2, 0.25) is 0 Å². The van der Waals surface area contributed by atoms with Crippen LogP contribution in [0.25, 0.3) is 0 Å². The molecule has 4 heteroatoms. The summed E-state index contributed by atoms with van der Waals surface area (Å²) >= 11 is 0. The topological polar surface area (TPSA) is 49.8 Å². The molecule has 2 aromatic rings. The molecule has 0 aliphatic carbocycles. The Bertz CT molecular complexity index is 774. The number of rotatable bonds is 5. The number of nitrogens with zero attached hydrogens (tertiary/aromatic N) is 1. The molecule has 0 spiro atoms. The zero-order chi connectivity index (χ0) is 20.1. The van der Waals surface area contributed by atoms with E-state index in [1.165, 1.54) is 0 Å². The van der Waals surface area contributed by atoms with Crippen molar-refractivity contribution in [2.24, 2.45) is 5.92 Å². The number of piperidine rings is 1. The molecule has 0 aromatic heterocycles. The fourth-order valence-electron chi connectivity index (χ4n) is 3.83. The fraction of sp³-hybridized carbons (Fsp3) is 0.458. The molecule has 4 nitrogen and oxygen atoms in total. The molecular formula is C24H31NO3. The van der Waals surface area contributed by atoms with Crippen LogP contribution < -0.4 is 4.74 Å². The third kappa shape index (κ3) is 4.93. The molecule has 2 aromatic carbocycles. The van der Waals surface area contributed by atoms with Crippen molar-refractivity contribution < 1.29 is 14.6 Å². The summed E-state index contributed by atoms with van der Waals surface area (Å²) in [6, 6.07) is 17.7. The molecule has 1 amide bonds. The molecule has 1 aliphatic heterocycles. The summed E-state index contributed by atoms with van der Waals surface area (Å²) in [6.07, 6.45) is 1.15. The molecule has 1 fully saturated rings. The molecule has 150 valence electrons. The molecule has 1 N–H and O–H groups in total. The maximum atomic E-state index is 12.6. The minimum Gasteiger partial charge on any atom is -0.483 e. The number of aliphatic hydroxyl groups excluding tert-OH is 1. The van der Waals surface area contributed by atoms with Crippen LogP contribution in [0.5, 0.6) is 5.75 Å². The van der Waals surface area contributed by atoms with Gasteiger partial charge in [-0.2, -0.15) is 0 Å². The van der Waals surface area contributed by atoms with E-state index in [1.54, 1.807) is 0 Å². The predicted molar refractivity (Wildman–Crippen MR) is 111 cm³/mol. The van der Waals surface area contributed by atoms with Crippen molar-refractivity contribution in [2.75, 3.05) is 19.7 Å². The Labute approximate surface area is 168 Å². The first kappa shape index (κ1) is 20.4. The fourth-order valence-corrected chi connectivity index (χ4v) is 3.83. The molecule has 0 saturated carbocycles. The van der Waals surface area contributed by atoms with Gasteiger partial charge in [-0.15, -0.1) is 0 Å². The van der Waals surface area contributed by atoms with Gasteiger partial charge in [0.25, 0.3) is 5.91 Å². The van der Waals surface area contributed by atoms with Crippen LogP contribution in [0.4, 0.5) is 0 Å². The highest BCUT2D eigenvalue weighted by atomic mass is 16.5. The number of likely N-dealkylation sites (tertiary alicyclic amines) is 1. The Morgan fingerprint density at radius 2 is 1.68 bits per heavy atom. The van der Waals surface area contributed by atoms with Gasteiger partial charge in [0, 0.05) is 13.1 Å². The van der Waals surface area contributed by atoms with Crippen LogP contribution in [-0.4, -0.2) is 35.6 Å². The van der Waals surface area contributed by atoms with E-state index < -0.39 is 6.10 Å². The first-order valence-electron chi connectivity index (χ1n) is 10.1. The lowest BCUT2D eigenvalue weighted by Gasteiger charge is -2.34. The van der Waals surface area contributed by atoms with Gasteiger partial charge < -0.3 is 14.7 Å². The van der Waals surface area contributed by atoms with E-state index in [1.807, 2.05) is 53.4 Å². The Morgan fingerprint density at radius 1 is 1.07 bits per heavy atom. The van der Waals surface area contributed by atoms with Crippen molar-refractivity contribution >= 4 is 5.91 Å². The second-order valence-corrected chi connectivity index (χ2v) is 8.61. The zero-order valence-electron chi connectivity index (χ0n) is 17.1. The van der Waals surface area contributed by atoms with Crippen LogP contribution >= 0.6 is 0 Å². The zero-order valence-corrected chi connectivity index (χ0v) is 17.1. The van der Waals surface area contributed by atoms with Gasteiger partial charge in [-0.05, 0) is 41.4 Å². The van der Waals surface area contributed by atoms with E-state index in [2.05, 4.69) is 26.8 Å². The van der Waals surface area contributed by atoms with Gasteiger partial charge in [-0.25, -0.2) is 0 Å². The number of hydrogen-bond acceptors (Lipinski definition) is 3. The molecule has 28 heavy (non-hydrogen) atoms. The first-order valence-corrected chi connectivity index (χ1v) is 10.1. The Kier molecular flexibility index (Phi) is 6.40. The molecule has 0 bridgehead atoms. The smallest absolute Gasteiger partial charge is 0.260 e. The second-order valence-electron chi connectivity index (χ2n) is 8.61. The Hall–Kier alpha value is -2.33. The predicted octanol–water partition coefficient (Wildman–Crippen LogP) is 4.34. The number of carbonyl (C=O) groups is 1. The lowest BCUT2D eigenvalue weighted by Crippen LogP contribution is -2.42. The summed E-state index contributed by atoms with van der Waals surface area (Å²) in [6.45, 7) is 7.80. The average molecular weight is 382 g/mol. The number of hydrogen-bond donors (Lipinski definition) is 1. The van der Waals surface area contributed by atoms with Gasteiger partial charge in [-0.3, -0.25) is 4.79 Å². The molecule has 1 atom stereocenters. The first-order chi connectivity index (χ1) is 13.4. The lowest BCUT2D eigenvalue weighted by molar-refractivity contribution is -0.135.